The normalized spacial score (nSPS) is 15.6. The molecule has 156 valence electrons. The number of Topliss-reactive ketones (excluding diaryl/α,β-unsaturated/α-hetero) is 1. The standard InChI is InChI=1S/C24H28ClF2NO/c25-21-8-6-18(7-9-21)24(29)19-12-15-28(16-13-19)14-4-2-1-3-5-20-17-22(26)10-11-23(20)27/h6-11,17,19H,1-5,12-16H2. The van der Waals surface area contributed by atoms with Crippen LogP contribution in [0.25, 0.3) is 0 Å². The lowest BCUT2D eigenvalue weighted by Crippen LogP contribution is -2.36. The molecule has 2 nitrogen and oxygen atoms in total. The monoisotopic (exact) mass is 419 g/mol. The van der Waals surface area contributed by atoms with E-state index in [-0.39, 0.29) is 23.3 Å². The van der Waals surface area contributed by atoms with Crippen molar-refractivity contribution in [2.24, 2.45) is 5.92 Å². The van der Waals surface area contributed by atoms with Gasteiger partial charge in [-0.05, 0) is 99.8 Å². The summed E-state index contributed by atoms with van der Waals surface area (Å²) >= 11 is 5.90. The van der Waals surface area contributed by atoms with Crippen LogP contribution < -0.4 is 0 Å². The van der Waals surface area contributed by atoms with E-state index in [4.69, 9.17) is 11.6 Å². The Bertz CT molecular complexity index is 801. The van der Waals surface area contributed by atoms with Gasteiger partial charge in [0.15, 0.2) is 5.78 Å². The lowest BCUT2D eigenvalue weighted by atomic mass is 9.89. The molecule has 2 aromatic rings. The highest BCUT2D eigenvalue weighted by atomic mass is 35.5. The minimum absolute atomic E-state index is 0.105. The summed E-state index contributed by atoms with van der Waals surface area (Å²) in [5.74, 6) is -0.360. The molecule has 1 saturated heterocycles. The molecule has 0 bridgehead atoms. The molecule has 0 aromatic heterocycles. The van der Waals surface area contributed by atoms with Gasteiger partial charge in [0.1, 0.15) is 11.6 Å². The average molecular weight is 420 g/mol. The molecule has 0 saturated carbocycles. The van der Waals surface area contributed by atoms with E-state index in [2.05, 4.69) is 4.90 Å². The van der Waals surface area contributed by atoms with E-state index < -0.39 is 0 Å². The molecule has 3 rings (SSSR count). The summed E-state index contributed by atoms with van der Waals surface area (Å²) in [4.78, 5) is 15.0. The molecule has 1 aliphatic heterocycles. The Balaban J connectivity index is 1.29. The van der Waals surface area contributed by atoms with Crippen molar-refractivity contribution in [2.75, 3.05) is 19.6 Å². The first-order chi connectivity index (χ1) is 14.0. The number of piperidine rings is 1. The largest absolute Gasteiger partial charge is 0.303 e. The summed E-state index contributed by atoms with van der Waals surface area (Å²) in [5.41, 5.74) is 1.22. The Morgan fingerprint density at radius 2 is 1.66 bits per heavy atom. The van der Waals surface area contributed by atoms with Gasteiger partial charge in [-0.2, -0.15) is 0 Å². The van der Waals surface area contributed by atoms with E-state index >= 15 is 0 Å². The number of hydrogen-bond acceptors (Lipinski definition) is 2. The molecule has 0 unspecified atom stereocenters. The second kappa shape index (κ2) is 10.8. The van der Waals surface area contributed by atoms with E-state index in [1.165, 1.54) is 12.1 Å². The SMILES string of the molecule is O=C(c1ccc(Cl)cc1)C1CCN(CCCCCCc2cc(F)ccc2F)CC1. The molecule has 0 radical (unpaired) electrons. The smallest absolute Gasteiger partial charge is 0.166 e. The number of halogens is 3. The Morgan fingerprint density at radius 3 is 2.38 bits per heavy atom. The predicted octanol–water partition coefficient (Wildman–Crippen LogP) is 6.32. The van der Waals surface area contributed by atoms with Gasteiger partial charge in [-0.25, -0.2) is 8.78 Å². The van der Waals surface area contributed by atoms with Crippen LogP contribution in [-0.4, -0.2) is 30.3 Å². The Morgan fingerprint density at radius 1 is 0.966 bits per heavy atom. The number of carbonyl (C=O) groups is 1. The first-order valence-corrected chi connectivity index (χ1v) is 10.9. The molecule has 1 heterocycles. The number of benzene rings is 2. The van der Waals surface area contributed by atoms with Crippen LogP contribution >= 0.6 is 11.6 Å². The molecule has 29 heavy (non-hydrogen) atoms. The van der Waals surface area contributed by atoms with Crippen LogP contribution in [0.3, 0.4) is 0 Å². The van der Waals surface area contributed by atoms with Crippen molar-refractivity contribution < 1.29 is 13.6 Å². The van der Waals surface area contributed by atoms with Gasteiger partial charge in [0, 0.05) is 16.5 Å². The van der Waals surface area contributed by atoms with Gasteiger partial charge in [0.05, 0.1) is 0 Å². The van der Waals surface area contributed by atoms with E-state index in [1.807, 2.05) is 12.1 Å². The number of unbranched alkanes of at least 4 members (excludes halogenated alkanes) is 3. The zero-order chi connectivity index (χ0) is 20.6. The summed E-state index contributed by atoms with van der Waals surface area (Å²) in [6, 6.07) is 10.8. The topological polar surface area (TPSA) is 20.3 Å². The molecule has 0 amide bonds. The van der Waals surface area contributed by atoms with Crippen molar-refractivity contribution in [3.05, 3.63) is 70.2 Å². The van der Waals surface area contributed by atoms with Crippen molar-refractivity contribution in [2.45, 2.75) is 44.9 Å². The van der Waals surface area contributed by atoms with Crippen LogP contribution in [0.4, 0.5) is 8.78 Å². The van der Waals surface area contributed by atoms with E-state index in [9.17, 15) is 13.6 Å². The lowest BCUT2D eigenvalue weighted by Gasteiger charge is -2.31. The Labute approximate surface area is 176 Å². The van der Waals surface area contributed by atoms with E-state index in [1.54, 1.807) is 12.1 Å². The first kappa shape index (κ1) is 21.9. The second-order valence-corrected chi connectivity index (χ2v) is 8.32. The van der Waals surface area contributed by atoms with Crippen LogP contribution in [0.5, 0.6) is 0 Å². The van der Waals surface area contributed by atoms with Crippen LogP contribution in [0.2, 0.25) is 5.02 Å². The molecule has 0 atom stereocenters. The third-order valence-electron chi connectivity index (χ3n) is 5.77. The highest BCUT2D eigenvalue weighted by molar-refractivity contribution is 6.30. The Hall–Kier alpha value is -1.78. The zero-order valence-corrected chi connectivity index (χ0v) is 17.4. The number of hydrogen-bond donors (Lipinski definition) is 0. The highest BCUT2D eigenvalue weighted by Crippen LogP contribution is 2.23. The van der Waals surface area contributed by atoms with E-state index in [0.717, 1.165) is 69.8 Å². The summed E-state index contributed by atoms with van der Waals surface area (Å²) in [7, 11) is 0. The number of aryl methyl sites for hydroxylation is 1. The maximum Gasteiger partial charge on any atom is 0.166 e. The molecule has 1 fully saturated rings. The van der Waals surface area contributed by atoms with Crippen molar-refractivity contribution in [1.82, 2.24) is 4.90 Å². The molecule has 1 aliphatic rings. The molecular weight excluding hydrogens is 392 g/mol. The third-order valence-corrected chi connectivity index (χ3v) is 6.02. The highest BCUT2D eigenvalue weighted by Gasteiger charge is 2.25. The van der Waals surface area contributed by atoms with Gasteiger partial charge in [0.2, 0.25) is 0 Å². The van der Waals surface area contributed by atoms with Crippen LogP contribution in [0, 0.1) is 17.6 Å². The van der Waals surface area contributed by atoms with Crippen molar-refractivity contribution in [1.29, 1.82) is 0 Å². The molecule has 0 aliphatic carbocycles. The fourth-order valence-electron chi connectivity index (χ4n) is 4.01. The fraction of sp³-hybridized carbons (Fsp3) is 0.458. The molecule has 5 heteroatoms. The second-order valence-electron chi connectivity index (χ2n) is 7.89. The van der Waals surface area contributed by atoms with Crippen LogP contribution in [-0.2, 0) is 6.42 Å². The van der Waals surface area contributed by atoms with Crippen molar-refractivity contribution >= 4 is 17.4 Å². The fourth-order valence-corrected chi connectivity index (χ4v) is 4.13. The van der Waals surface area contributed by atoms with Gasteiger partial charge in [-0.1, -0.05) is 24.4 Å². The van der Waals surface area contributed by atoms with Crippen molar-refractivity contribution in [3.8, 4) is 0 Å². The quantitative estimate of drug-likeness (QED) is 0.350. The predicted molar refractivity (Wildman–Crippen MR) is 113 cm³/mol. The zero-order valence-electron chi connectivity index (χ0n) is 16.7. The number of likely N-dealkylation sites (tertiary alicyclic amines) is 1. The maximum absolute atomic E-state index is 13.6. The third kappa shape index (κ3) is 6.61. The minimum Gasteiger partial charge on any atom is -0.303 e. The summed E-state index contributed by atoms with van der Waals surface area (Å²) in [6.45, 7) is 2.95. The van der Waals surface area contributed by atoms with Crippen LogP contribution in [0.1, 0.15) is 54.4 Å². The lowest BCUT2D eigenvalue weighted by molar-refractivity contribution is 0.0839. The molecule has 0 spiro atoms. The molecule has 0 N–H and O–H groups in total. The van der Waals surface area contributed by atoms with Crippen molar-refractivity contribution in [3.63, 3.8) is 0 Å². The number of nitrogens with zero attached hydrogens (tertiary/aromatic N) is 1. The van der Waals surface area contributed by atoms with Gasteiger partial charge in [-0.3, -0.25) is 4.79 Å². The number of ketones is 1. The van der Waals surface area contributed by atoms with Gasteiger partial charge in [0.25, 0.3) is 0 Å². The summed E-state index contributed by atoms with van der Waals surface area (Å²) in [5, 5.41) is 0.650. The molecular formula is C24H28ClF2NO. The first-order valence-electron chi connectivity index (χ1n) is 10.5. The molecule has 2 aromatic carbocycles. The maximum atomic E-state index is 13.6. The Kier molecular flexibility index (Phi) is 8.19. The van der Waals surface area contributed by atoms with E-state index in [0.29, 0.717) is 17.0 Å². The van der Waals surface area contributed by atoms with Crippen LogP contribution in [0.15, 0.2) is 42.5 Å². The average Bonchev–Trinajstić information content (AvgIpc) is 2.73. The summed E-state index contributed by atoms with van der Waals surface area (Å²) in [6.07, 6.45) is 6.46. The van der Waals surface area contributed by atoms with Gasteiger partial charge < -0.3 is 4.90 Å². The number of rotatable bonds is 9. The minimum atomic E-state index is -0.376. The van der Waals surface area contributed by atoms with Gasteiger partial charge >= 0.3 is 0 Å². The van der Waals surface area contributed by atoms with Gasteiger partial charge in [-0.15, -0.1) is 0 Å². The number of carbonyl (C=O) groups excluding carboxylic acids is 1. The summed E-state index contributed by atoms with van der Waals surface area (Å²) < 4.78 is 26.8.